The van der Waals surface area contributed by atoms with Gasteiger partial charge in [0.1, 0.15) is 11.6 Å². The molecule has 1 aromatic rings. The van der Waals surface area contributed by atoms with Gasteiger partial charge in [0.2, 0.25) is 0 Å². The predicted molar refractivity (Wildman–Crippen MR) is 49.4 cm³/mol. The Morgan fingerprint density at radius 1 is 1.64 bits per heavy atom. The zero-order chi connectivity index (χ0) is 10.6. The molecule has 0 bridgehead atoms. The monoisotopic (exact) mass is 198 g/mol. The van der Waals surface area contributed by atoms with Crippen LogP contribution < -0.4 is 15.8 Å². The Balaban J connectivity index is 2.82. The number of urea groups is 1. The molecule has 3 N–H and O–H groups in total. The maximum atomic E-state index is 12.8. The first-order valence-electron chi connectivity index (χ1n) is 3.99. The molecule has 0 saturated carbocycles. The van der Waals surface area contributed by atoms with Gasteiger partial charge in [0.15, 0.2) is 0 Å². The van der Waals surface area contributed by atoms with Gasteiger partial charge in [0, 0.05) is 12.1 Å². The molecule has 0 fully saturated rings. The van der Waals surface area contributed by atoms with Crippen LogP contribution in [0.5, 0.6) is 5.75 Å². The maximum Gasteiger partial charge on any atom is 0.312 e. The maximum absolute atomic E-state index is 12.8. The van der Waals surface area contributed by atoms with E-state index in [0.717, 1.165) is 0 Å². The standard InChI is InChI=1S/C9H11FN2O2/c1-14-8-3-2-7(10)4-6(8)5-12-9(11)13/h2-4H,5H2,1H3,(H3,11,12,13). The highest BCUT2D eigenvalue weighted by Crippen LogP contribution is 2.18. The highest BCUT2D eigenvalue weighted by Gasteiger charge is 2.04. The van der Waals surface area contributed by atoms with E-state index < -0.39 is 6.03 Å². The molecule has 4 nitrogen and oxygen atoms in total. The van der Waals surface area contributed by atoms with Gasteiger partial charge in [-0.1, -0.05) is 0 Å². The lowest BCUT2D eigenvalue weighted by atomic mass is 10.2. The number of ether oxygens (including phenoxy) is 1. The van der Waals surface area contributed by atoms with Gasteiger partial charge < -0.3 is 15.8 Å². The van der Waals surface area contributed by atoms with E-state index in [1.54, 1.807) is 0 Å². The second-order valence-corrected chi connectivity index (χ2v) is 2.67. The number of carbonyl (C=O) groups excluding carboxylic acids is 1. The second-order valence-electron chi connectivity index (χ2n) is 2.67. The molecule has 0 heterocycles. The van der Waals surface area contributed by atoms with Crippen LogP contribution in [0, 0.1) is 5.82 Å². The molecule has 0 radical (unpaired) electrons. The lowest BCUT2D eigenvalue weighted by Crippen LogP contribution is -2.28. The molecule has 1 aromatic carbocycles. The molecule has 2 amide bonds. The van der Waals surface area contributed by atoms with Crippen LogP contribution in [0.1, 0.15) is 5.56 Å². The van der Waals surface area contributed by atoms with Crippen LogP contribution in [0.15, 0.2) is 18.2 Å². The van der Waals surface area contributed by atoms with Crippen LogP contribution in [-0.2, 0) is 6.54 Å². The van der Waals surface area contributed by atoms with Gasteiger partial charge in [-0.25, -0.2) is 9.18 Å². The number of halogens is 1. The van der Waals surface area contributed by atoms with Gasteiger partial charge in [-0.3, -0.25) is 0 Å². The van der Waals surface area contributed by atoms with E-state index in [4.69, 9.17) is 10.5 Å². The second kappa shape index (κ2) is 4.45. The van der Waals surface area contributed by atoms with Gasteiger partial charge >= 0.3 is 6.03 Å². The molecule has 0 aliphatic carbocycles. The van der Waals surface area contributed by atoms with Crippen molar-refractivity contribution in [2.75, 3.05) is 7.11 Å². The lowest BCUT2D eigenvalue weighted by Gasteiger charge is -2.08. The van der Waals surface area contributed by atoms with E-state index in [1.807, 2.05) is 0 Å². The smallest absolute Gasteiger partial charge is 0.312 e. The summed E-state index contributed by atoms with van der Waals surface area (Å²) in [5, 5.41) is 2.36. The van der Waals surface area contributed by atoms with Crippen molar-refractivity contribution < 1.29 is 13.9 Å². The average Bonchev–Trinajstić information content (AvgIpc) is 2.15. The summed E-state index contributed by atoms with van der Waals surface area (Å²) in [5.74, 6) is 0.132. The fourth-order valence-corrected chi connectivity index (χ4v) is 1.07. The molecule has 0 saturated heterocycles. The number of nitrogens with two attached hydrogens (primary N) is 1. The third-order valence-corrected chi connectivity index (χ3v) is 1.70. The fourth-order valence-electron chi connectivity index (χ4n) is 1.07. The third-order valence-electron chi connectivity index (χ3n) is 1.70. The zero-order valence-electron chi connectivity index (χ0n) is 7.71. The first kappa shape index (κ1) is 10.3. The molecular formula is C9H11FN2O2. The summed E-state index contributed by atoms with van der Waals surface area (Å²) < 4.78 is 17.8. The summed E-state index contributed by atoms with van der Waals surface area (Å²) in [7, 11) is 1.47. The summed E-state index contributed by atoms with van der Waals surface area (Å²) in [6.07, 6.45) is 0. The Bertz CT molecular complexity index is 342. The van der Waals surface area contributed by atoms with Crippen molar-refractivity contribution in [1.29, 1.82) is 0 Å². The number of carbonyl (C=O) groups is 1. The van der Waals surface area contributed by atoms with Gasteiger partial charge in [-0.2, -0.15) is 0 Å². The number of hydrogen-bond donors (Lipinski definition) is 2. The van der Waals surface area contributed by atoms with Crippen molar-refractivity contribution in [2.45, 2.75) is 6.54 Å². The van der Waals surface area contributed by atoms with Gasteiger partial charge in [0.05, 0.1) is 7.11 Å². The SMILES string of the molecule is COc1ccc(F)cc1CNC(N)=O. The van der Waals surface area contributed by atoms with Crippen LogP contribution >= 0.6 is 0 Å². The highest BCUT2D eigenvalue weighted by molar-refractivity contribution is 5.71. The quantitative estimate of drug-likeness (QED) is 0.761. The molecule has 5 heteroatoms. The van der Waals surface area contributed by atoms with Crippen molar-refractivity contribution in [2.24, 2.45) is 5.73 Å². The number of nitrogens with one attached hydrogen (secondary N) is 1. The minimum Gasteiger partial charge on any atom is -0.496 e. The van der Waals surface area contributed by atoms with Gasteiger partial charge in [-0.15, -0.1) is 0 Å². The average molecular weight is 198 g/mol. The third kappa shape index (κ3) is 2.62. The topological polar surface area (TPSA) is 64.3 Å². The Kier molecular flexibility index (Phi) is 3.28. The molecule has 0 aromatic heterocycles. The van der Waals surface area contributed by atoms with Crippen molar-refractivity contribution in [3.63, 3.8) is 0 Å². The van der Waals surface area contributed by atoms with E-state index >= 15 is 0 Å². The summed E-state index contributed by atoms with van der Waals surface area (Å²) in [6, 6.07) is 3.41. The normalized spacial score (nSPS) is 9.57. The van der Waals surface area contributed by atoms with Crippen LogP contribution in [0.4, 0.5) is 9.18 Å². The Labute approximate surface area is 80.9 Å². The first-order valence-corrected chi connectivity index (χ1v) is 3.99. The molecule has 0 unspecified atom stereocenters. The Morgan fingerprint density at radius 2 is 2.36 bits per heavy atom. The van der Waals surface area contributed by atoms with Gasteiger partial charge in [0.25, 0.3) is 0 Å². The van der Waals surface area contributed by atoms with Crippen LogP contribution in [0.25, 0.3) is 0 Å². The molecular weight excluding hydrogens is 187 g/mol. The summed E-state index contributed by atoms with van der Waals surface area (Å²) in [6.45, 7) is 0.149. The van der Waals surface area contributed by atoms with Crippen LogP contribution in [0.3, 0.4) is 0 Å². The van der Waals surface area contributed by atoms with E-state index in [9.17, 15) is 9.18 Å². The number of primary amides is 1. The number of amides is 2. The molecule has 1 rings (SSSR count). The molecule has 0 aliphatic rings. The van der Waals surface area contributed by atoms with Crippen molar-refractivity contribution >= 4 is 6.03 Å². The first-order chi connectivity index (χ1) is 6.63. The van der Waals surface area contributed by atoms with Gasteiger partial charge in [-0.05, 0) is 18.2 Å². The molecule has 14 heavy (non-hydrogen) atoms. The van der Waals surface area contributed by atoms with Crippen molar-refractivity contribution in [3.8, 4) is 5.75 Å². The zero-order valence-corrected chi connectivity index (χ0v) is 7.71. The Hall–Kier alpha value is -1.78. The van der Waals surface area contributed by atoms with E-state index in [-0.39, 0.29) is 12.4 Å². The lowest BCUT2D eigenvalue weighted by molar-refractivity contribution is 0.248. The highest BCUT2D eigenvalue weighted by atomic mass is 19.1. The van der Waals surface area contributed by atoms with Crippen LogP contribution in [-0.4, -0.2) is 13.1 Å². The number of benzene rings is 1. The molecule has 0 aliphatic heterocycles. The number of hydrogen-bond acceptors (Lipinski definition) is 2. The van der Waals surface area contributed by atoms with Crippen LogP contribution in [0.2, 0.25) is 0 Å². The van der Waals surface area contributed by atoms with E-state index in [0.29, 0.717) is 11.3 Å². The Morgan fingerprint density at radius 3 is 2.93 bits per heavy atom. The summed E-state index contributed by atoms with van der Waals surface area (Å²) >= 11 is 0. The largest absolute Gasteiger partial charge is 0.496 e. The summed E-state index contributed by atoms with van der Waals surface area (Å²) in [5.41, 5.74) is 5.43. The van der Waals surface area contributed by atoms with E-state index in [1.165, 1.54) is 25.3 Å². The molecule has 0 atom stereocenters. The molecule has 76 valence electrons. The minimum absolute atomic E-state index is 0.149. The van der Waals surface area contributed by atoms with Crippen molar-refractivity contribution in [3.05, 3.63) is 29.6 Å². The minimum atomic E-state index is -0.656. The fraction of sp³-hybridized carbons (Fsp3) is 0.222. The van der Waals surface area contributed by atoms with Crippen molar-refractivity contribution in [1.82, 2.24) is 5.32 Å². The predicted octanol–water partition coefficient (Wildman–Crippen LogP) is 1.00. The summed E-state index contributed by atoms with van der Waals surface area (Å²) in [4.78, 5) is 10.4. The molecule has 0 spiro atoms. The van der Waals surface area contributed by atoms with E-state index in [2.05, 4.69) is 5.32 Å². The number of rotatable bonds is 3. The number of methoxy groups -OCH3 is 1.